The number of rotatable bonds is 1. The predicted molar refractivity (Wildman–Crippen MR) is 52.5 cm³/mol. The van der Waals surface area contributed by atoms with Gasteiger partial charge in [0.25, 0.3) is 0 Å². The van der Waals surface area contributed by atoms with E-state index in [9.17, 15) is 9.50 Å². The second-order valence-electron chi connectivity index (χ2n) is 3.57. The zero-order valence-corrected chi connectivity index (χ0v) is 8.81. The van der Waals surface area contributed by atoms with E-state index in [0.717, 1.165) is 0 Å². The third kappa shape index (κ3) is 1.27. The fraction of sp³-hybridized carbons (Fsp3) is 0.333. The first-order valence-corrected chi connectivity index (χ1v) is 4.94. The van der Waals surface area contributed by atoms with Crippen LogP contribution in [0.2, 0.25) is 0 Å². The molecule has 0 radical (unpaired) electrons. The summed E-state index contributed by atoms with van der Waals surface area (Å²) >= 11 is 3.12. The van der Waals surface area contributed by atoms with E-state index >= 15 is 0 Å². The number of benzene rings is 1. The Labute approximate surface area is 88.5 Å². The molecule has 0 heterocycles. The van der Waals surface area contributed by atoms with E-state index in [1.807, 2.05) is 0 Å². The first-order chi connectivity index (χ1) is 6.46. The lowest BCUT2D eigenvalue weighted by atomic mass is 10.0. The SMILES string of the molecule is NC1(c2c(Br)cc(O)c(O)c2F)CC1. The van der Waals surface area contributed by atoms with Gasteiger partial charge in [-0.05, 0) is 18.9 Å². The fourth-order valence-electron chi connectivity index (χ4n) is 1.44. The maximum absolute atomic E-state index is 13.5. The molecule has 1 aromatic carbocycles. The summed E-state index contributed by atoms with van der Waals surface area (Å²) in [5.41, 5.74) is 5.38. The molecule has 0 atom stereocenters. The van der Waals surface area contributed by atoms with Crippen LogP contribution in [-0.2, 0) is 5.54 Å². The molecule has 0 saturated heterocycles. The lowest BCUT2D eigenvalue weighted by Crippen LogP contribution is -2.21. The molecule has 0 aliphatic heterocycles. The Kier molecular flexibility index (Phi) is 1.97. The topological polar surface area (TPSA) is 66.5 Å². The Hall–Kier alpha value is -0.810. The van der Waals surface area contributed by atoms with Crippen LogP contribution >= 0.6 is 15.9 Å². The van der Waals surface area contributed by atoms with Crippen LogP contribution in [0.4, 0.5) is 4.39 Å². The van der Waals surface area contributed by atoms with Crippen LogP contribution in [0.3, 0.4) is 0 Å². The van der Waals surface area contributed by atoms with Crippen LogP contribution in [0.1, 0.15) is 18.4 Å². The highest BCUT2D eigenvalue weighted by molar-refractivity contribution is 9.10. The quantitative estimate of drug-likeness (QED) is 0.677. The monoisotopic (exact) mass is 261 g/mol. The van der Waals surface area contributed by atoms with Crippen LogP contribution in [-0.4, -0.2) is 10.2 Å². The van der Waals surface area contributed by atoms with E-state index in [0.29, 0.717) is 17.3 Å². The molecule has 14 heavy (non-hydrogen) atoms. The Bertz CT molecular complexity index is 404. The molecule has 0 amide bonds. The van der Waals surface area contributed by atoms with Gasteiger partial charge >= 0.3 is 0 Å². The highest BCUT2D eigenvalue weighted by Crippen LogP contribution is 2.49. The molecule has 1 aliphatic carbocycles. The van der Waals surface area contributed by atoms with Crippen molar-refractivity contribution in [3.63, 3.8) is 0 Å². The van der Waals surface area contributed by atoms with Crippen LogP contribution in [0.5, 0.6) is 11.5 Å². The maximum Gasteiger partial charge on any atom is 0.194 e. The highest BCUT2D eigenvalue weighted by Gasteiger charge is 2.44. The molecule has 0 bridgehead atoms. The molecule has 76 valence electrons. The van der Waals surface area contributed by atoms with Crippen LogP contribution < -0.4 is 5.73 Å². The molecular weight excluding hydrogens is 253 g/mol. The summed E-state index contributed by atoms with van der Waals surface area (Å²) in [7, 11) is 0. The zero-order valence-electron chi connectivity index (χ0n) is 7.22. The number of hydrogen-bond acceptors (Lipinski definition) is 3. The molecule has 1 saturated carbocycles. The van der Waals surface area contributed by atoms with Crippen molar-refractivity contribution in [3.8, 4) is 11.5 Å². The predicted octanol–water partition coefficient (Wildman–Crippen LogP) is 1.95. The van der Waals surface area contributed by atoms with Crippen molar-refractivity contribution in [2.45, 2.75) is 18.4 Å². The van der Waals surface area contributed by atoms with Crippen LogP contribution in [0, 0.1) is 5.82 Å². The minimum Gasteiger partial charge on any atom is -0.504 e. The minimum absolute atomic E-state index is 0.243. The van der Waals surface area contributed by atoms with Gasteiger partial charge in [-0.15, -0.1) is 0 Å². The van der Waals surface area contributed by atoms with Crippen molar-refractivity contribution in [2.24, 2.45) is 5.73 Å². The third-order valence-corrected chi connectivity index (χ3v) is 3.08. The summed E-state index contributed by atoms with van der Waals surface area (Å²) in [6, 6.07) is 1.25. The average molecular weight is 262 g/mol. The van der Waals surface area contributed by atoms with Gasteiger partial charge in [0.15, 0.2) is 17.3 Å². The van der Waals surface area contributed by atoms with Gasteiger partial charge in [-0.1, -0.05) is 15.9 Å². The molecule has 0 spiro atoms. The van der Waals surface area contributed by atoms with Crippen LogP contribution in [0.25, 0.3) is 0 Å². The van der Waals surface area contributed by atoms with Gasteiger partial charge in [-0.25, -0.2) is 4.39 Å². The van der Waals surface area contributed by atoms with Gasteiger partial charge in [0, 0.05) is 15.6 Å². The van der Waals surface area contributed by atoms with Gasteiger partial charge in [0.2, 0.25) is 0 Å². The van der Waals surface area contributed by atoms with E-state index in [1.165, 1.54) is 6.07 Å². The molecule has 5 heteroatoms. The van der Waals surface area contributed by atoms with Gasteiger partial charge < -0.3 is 15.9 Å². The van der Waals surface area contributed by atoms with Gasteiger partial charge in [0.1, 0.15) is 0 Å². The molecule has 1 aliphatic rings. The fourth-order valence-corrected chi connectivity index (χ4v) is 2.22. The van der Waals surface area contributed by atoms with Gasteiger partial charge in [-0.3, -0.25) is 0 Å². The maximum atomic E-state index is 13.5. The van der Waals surface area contributed by atoms with E-state index in [-0.39, 0.29) is 5.56 Å². The normalized spacial score (nSPS) is 18.2. The number of halogens is 2. The summed E-state index contributed by atoms with van der Waals surface area (Å²) in [4.78, 5) is 0. The Morgan fingerprint density at radius 1 is 1.43 bits per heavy atom. The molecule has 0 unspecified atom stereocenters. The molecule has 2 rings (SSSR count). The smallest absolute Gasteiger partial charge is 0.194 e. The second kappa shape index (κ2) is 2.84. The van der Waals surface area contributed by atoms with Gasteiger partial charge in [-0.2, -0.15) is 0 Å². The van der Waals surface area contributed by atoms with Crippen molar-refractivity contribution in [3.05, 3.63) is 21.9 Å². The largest absolute Gasteiger partial charge is 0.504 e. The molecular formula is C9H9BrFNO2. The summed E-state index contributed by atoms with van der Waals surface area (Å²) in [5, 5.41) is 18.3. The van der Waals surface area contributed by atoms with Crippen molar-refractivity contribution in [2.75, 3.05) is 0 Å². The highest BCUT2D eigenvalue weighted by atomic mass is 79.9. The number of nitrogens with two attached hydrogens (primary N) is 1. The lowest BCUT2D eigenvalue weighted by molar-refractivity contribution is 0.373. The van der Waals surface area contributed by atoms with E-state index in [4.69, 9.17) is 10.8 Å². The number of hydrogen-bond donors (Lipinski definition) is 3. The van der Waals surface area contributed by atoms with Crippen LogP contribution in [0.15, 0.2) is 10.5 Å². The first kappa shape index (κ1) is 9.73. The van der Waals surface area contributed by atoms with Gasteiger partial charge in [0.05, 0.1) is 0 Å². The summed E-state index contributed by atoms with van der Waals surface area (Å²) in [6.07, 6.45) is 1.37. The van der Waals surface area contributed by atoms with Crippen molar-refractivity contribution in [1.82, 2.24) is 0 Å². The van der Waals surface area contributed by atoms with Crippen molar-refractivity contribution >= 4 is 15.9 Å². The Balaban J connectivity index is 2.65. The summed E-state index contributed by atoms with van der Waals surface area (Å²) < 4.78 is 13.9. The summed E-state index contributed by atoms with van der Waals surface area (Å²) in [6.45, 7) is 0. The lowest BCUT2D eigenvalue weighted by Gasteiger charge is -2.14. The van der Waals surface area contributed by atoms with E-state index in [2.05, 4.69) is 15.9 Å². The molecule has 1 aromatic rings. The average Bonchev–Trinajstić information content (AvgIpc) is 2.80. The second-order valence-corrected chi connectivity index (χ2v) is 4.43. The Morgan fingerprint density at radius 3 is 2.50 bits per heavy atom. The molecule has 0 aromatic heterocycles. The summed E-state index contributed by atoms with van der Waals surface area (Å²) in [5.74, 6) is -2.06. The van der Waals surface area contributed by atoms with Crippen molar-refractivity contribution < 1.29 is 14.6 Å². The number of phenols is 2. The van der Waals surface area contributed by atoms with E-state index in [1.54, 1.807) is 0 Å². The number of aromatic hydroxyl groups is 2. The minimum atomic E-state index is -0.836. The zero-order chi connectivity index (χ0) is 10.5. The molecule has 1 fully saturated rings. The number of phenolic OH excluding ortho intramolecular Hbond substituents is 2. The van der Waals surface area contributed by atoms with Crippen molar-refractivity contribution in [1.29, 1.82) is 0 Å². The first-order valence-electron chi connectivity index (χ1n) is 4.15. The Morgan fingerprint density at radius 2 is 2.00 bits per heavy atom. The third-order valence-electron chi connectivity index (χ3n) is 2.46. The molecule has 3 nitrogen and oxygen atoms in total. The standard InChI is InChI=1S/C9H9BrFNO2/c10-4-3-5(13)8(14)7(11)6(4)9(12)1-2-9/h3,13-14H,1-2,12H2. The van der Waals surface area contributed by atoms with E-state index < -0.39 is 22.9 Å². The molecule has 4 N–H and O–H groups in total.